The van der Waals surface area contributed by atoms with Crippen LogP contribution < -0.4 is 10.4 Å². The van der Waals surface area contributed by atoms with Gasteiger partial charge in [-0.05, 0) is 48.1 Å². The van der Waals surface area contributed by atoms with Gasteiger partial charge in [0.1, 0.15) is 5.82 Å². The van der Waals surface area contributed by atoms with E-state index in [-0.39, 0.29) is 5.46 Å². The minimum atomic E-state index is -1.65. The highest BCUT2D eigenvalue weighted by Crippen LogP contribution is 2.32. The van der Waals surface area contributed by atoms with Crippen molar-refractivity contribution in [3.8, 4) is 0 Å². The molecule has 1 atom stereocenters. The SMILES string of the molecule is CC1Cc2ccccc2N1Cc1cc(F)cc(B(O)O)c1. The van der Waals surface area contributed by atoms with E-state index in [2.05, 4.69) is 24.0 Å². The molecule has 2 aromatic rings. The Kier molecular flexibility index (Phi) is 3.70. The molecule has 0 aliphatic carbocycles. The summed E-state index contributed by atoms with van der Waals surface area (Å²) in [6, 6.07) is 12.8. The quantitative estimate of drug-likeness (QED) is 0.839. The molecule has 0 radical (unpaired) electrons. The molecule has 1 heterocycles. The zero-order chi connectivity index (χ0) is 15.0. The lowest BCUT2D eigenvalue weighted by Gasteiger charge is -2.25. The first kappa shape index (κ1) is 14.1. The predicted molar refractivity (Wildman–Crippen MR) is 82.0 cm³/mol. The summed E-state index contributed by atoms with van der Waals surface area (Å²) in [6.07, 6.45) is 0.973. The average Bonchev–Trinajstić information content (AvgIpc) is 2.75. The Bertz CT molecular complexity index is 662. The van der Waals surface area contributed by atoms with Gasteiger partial charge < -0.3 is 14.9 Å². The van der Waals surface area contributed by atoms with E-state index in [1.807, 2.05) is 12.1 Å². The summed E-state index contributed by atoms with van der Waals surface area (Å²) < 4.78 is 13.6. The van der Waals surface area contributed by atoms with Crippen LogP contribution in [0.2, 0.25) is 0 Å². The molecule has 1 unspecified atom stereocenters. The molecule has 0 bridgehead atoms. The maximum absolute atomic E-state index is 13.6. The Balaban J connectivity index is 1.90. The number of hydrogen-bond donors (Lipinski definition) is 2. The predicted octanol–water partition coefficient (Wildman–Crippen LogP) is 1.46. The van der Waals surface area contributed by atoms with Gasteiger partial charge in [0.25, 0.3) is 0 Å². The van der Waals surface area contributed by atoms with E-state index in [4.69, 9.17) is 0 Å². The summed E-state index contributed by atoms with van der Waals surface area (Å²) in [6.45, 7) is 2.69. The first-order chi connectivity index (χ1) is 10.0. The third kappa shape index (κ3) is 2.80. The maximum Gasteiger partial charge on any atom is 0.488 e. The molecule has 0 saturated carbocycles. The summed E-state index contributed by atoms with van der Waals surface area (Å²) >= 11 is 0. The summed E-state index contributed by atoms with van der Waals surface area (Å²) in [5.74, 6) is -0.448. The van der Waals surface area contributed by atoms with Gasteiger partial charge in [-0.1, -0.05) is 24.3 Å². The van der Waals surface area contributed by atoms with Gasteiger partial charge in [0.15, 0.2) is 0 Å². The lowest BCUT2D eigenvalue weighted by molar-refractivity contribution is 0.425. The minimum Gasteiger partial charge on any atom is -0.423 e. The van der Waals surface area contributed by atoms with Gasteiger partial charge in [0, 0.05) is 18.3 Å². The molecular formula is C16H17BFNO2. The highest BCUT2D eigenvalue weighted by molar-refractivity contribution is 6.58. The lowest BCUT2D eigenvalue weighted by atomic mass is 9.79. The van der Waals surface area contributed by atoms with Crippen molar-refractivity contribution in [2.24, 2.45) is 0 Å². The molecule has 1 aliphatic rings. The normalized spacial score (nSPS) is 17.0. The highest BCUT2D eigenvalue weighted by atomic mass is 19.1. The maximum atomic E-state index is 13.6. The molecular weight excluding hydrogens is 268 g/mol. The molecule has 0 amide bonds. The van der Waals surface area contributed by atoms with Crippen LogP contribution in [0.5, 0.6) is 0 Å². The zero-order valence-electron chi connectivity index (χ0n) is 11.8. The molecule has 2 N–H and O–H groups in total. The van der Waals surface area contributed by atoms with Crippen LogP contribution in [0.1, 0.15) is 18.1 Å². The van der Waals surface area contributed by atoms with Crippen molar-refractivity contribution < 1.29 is 14.4 Å². The lowest BCUT2D eigenvalue weighted by Crippen LogP contribution is -2.32. The van der Waals surface area contributed by atoms with Crippen LogP contribution in [0.15, 0.2) is 42.5 Å². The van der Waals surface area contributed by atoms with Crippen molar-refractivity contribution >= 4 is 18.3 Å². The largest absolute Gasteiger partial charge is 0.488 e. The van der Waals surface area contributed by atoms with Gasteiger partial charge in [-0.15, -0.1) is 0 Å². The van der Waals surface area contributed by atoms with Gasteiger partial charge in [-0.25, -0.2) is 4.39 Å². The molecule has 3 nitrogen and oxygen atoms in total. The number of rotatable bonds is 3. The molecule has 108 valence electrons. The Morgan fingerprint density at radius 2 is 2.00 bits per heavy atom. The van der Waals surface area contributed by atoms with Crippen molar-refractivity contribution in [3.63, 3.8) is 0 Å². The van der Waals surface area contributed by atoms with E-state index in [1.54, 1.807) is 6.07 Å². The average molecular weight is 285 g/mol. The monoisotopic (exact) mass is 285 g/mol. The standard InChI is InChI=1S/C16H17BFNO2/c1-11-6-13-4-2-3-5-16(13)19(11)10-12-7-14(17(20)21)9-15(18)8-12/h2-5,7-9,11,20-21H,6,10H2,1H3. The molecule has 0 spiro atoms. The van der Waals surface area contributed by atoms with Crippen LogP contribution in [0, 0.1) is 5.82 Å². The first-order valence-corrected chi connectivity index (χ1v) is 7.04. The van der Waals surface area contributed by atoms with E-state index in [9.17, 15) is 14.4 Å². The molecule has 5 heteroatoms. The molecule has 0 saturated heterocycles. The van der Waals surface area contributed by atoms with E-state index < -0.39 is 12.9 Å². The summed E-state index contributed by atoms with van der Waals surface area (Å²) in [5.41, 5.74) is 3.39. The van der Waals surface area contributed by atoms with Crippen molar-refractivity contribution in [3.05, 3.63) is 59.4 Å². The number of halogens is 1. The van der Waals surface area contributed by atoms with Crippen molar-refractivity contribution in [1.29, 1.82) is 0 Å². The summed E-state index contributed by atoms with van der Waals surface area (Å²) in [5, 5.41) is 18.4. The van der Waals surface area contributed by atoms with Crippen LogP contribution >= 0.6 is 0 Å². The highest BCUT2D eigenvalue weighted by Gasteiger charge is 2.25. The van der Waals surface area contributed by atoms with E-state index >= 15 is 0 Å². The molecule has 21 heavy (non-hydrogen) atoms. The van der Waals surface area contributed by atoms with E-state index in [0.717, 1.165) is 18.1 Å². The van der Waals surface area contributed by atoms with E-state index in [0.29, 0.717) is 12.6 Å². The number of anilines is 1. The van der Waals surface area contributed by atoms with Gasteiger partial charge in [0.2, 0.25) is 0 Å². The number of hydrogen-bond acceptors (Lipinski definition) is 3. The van der Waals surface area contributed by atoms with Gasteiger partial charge >= 0.3 is 7.12 Å². The van der Waals surface area contributed by atoms with Crippen molar-refractivity contribution in [2.75, 3.05) is 4.90 Å². The van der Waals surface area contributed by atoms with E-state index in [1.165, 1.54) is 17.3 Å². The molecule has 2 aromatic carbocycles. The van der Waals surface area contributed by atoms with Crippen LogP contribution in [-0.4, -0.2) is 23.2 Å². The minimum absolute atomic E-state index is 0.185. The summed E-state index contributed by atoms with van der Waals surface area (Å²) in [7, 11) is -1.65. The number of benzene rings is 2. The summed E-state index contributed by atoms with van der Waals surface area (Å²) in [4.78, 5) is 2.22. The first-order valence-electron chi connectivity index (χ1n) is 7.04. The third-order valence-electron chi connectivity index (χ3n) is 3.98. The van der Waals surface area contributed by atoms with Crippen molar-refractivity contribution in [1.82, 2.24) is 0 Å². The van der Waals surface area contributed by atoms with Gasteiger partial charge in [-0.3, -0.25) is 0 Å². The molecule has 0 fully saturated rings. The smallest absolute Gasteiger partial charge is 0.423 e. The number of fused-ring (bicyclic) bond motifs is 1. The Morgan fingerprint density at radius 1 is 1.24 bits per heavy atom. The zero-order valence-corrected chi connectivity index (χ0v) is 11.8. The molecule has 1 aliphatic heterocycles. The second-order valence-electron chi connectivity index (χ2n) is 5.58. The second kappa shape index (κ2) is 5.50. The topological polar surface area (TPSA) is 43.7 Å². The van der Waals surface area contributed by atoms with Crippen LogP contribution in [0.4, 0.5) is 10.1 Å². The van der Waals surface area contributed by atoms with Crippen LogP contribution in [0.25, 0.3) is 0 Å². The fourth-order valence-electron chi connectivity index (χ4n) is 2.98. The van der Waals surface area contributed by atoms with Crippen molar-refractivity contribution in [2.45, 2.75) is 25.9 Å². The van der Waals surface area contributed by atoms with Gasteiger partial charge in [-0.2, -0.15) is 0 Å². The Hall–Kier alpha value is -1.85. The molecule has 0 aromatic heterocycles. The van der Waals surface area contributed by atoms with Gasteiger partial charge in [0.05, 0.1) is 0 Å². The number of para-hydroxylation sites is 1. The fourth-order valence-corrected chi connectivity index (χ4v) is 2.98. The third-order valence-corrected chi connectivity index (χ3v) is 3.98. The number of nitrogens with zero attached hydrogens (tertiary/aromatic N) is 1. The van der Waals surface area contributed by atoms with Crippen LogP contribution in [0.3, 0.4) is 0 Å². The molecule has 3 rings (SSSR count). The fraction of sp³-hybridized carbons (Fsp3) is 0.250. The van der Waals surface area contributed by atoms with Crippen LogP contribution in [-0.2, 0) is 13.0 Å². The Labute approximate surface area is 123 Å². The Morgan fingerprint density at radius 3 is 2.76 bits per heavy atom. The second-order valence-corrected chi connectivity index (χ2v) is 5.58.